The lowest BCUT2D eigenvalue weighted by Crippen LogP contribution is -2.60. The molecule has 2 unspecified atom stereocenters. The molecule has 0 aromatic carbocycles. The number of aromatic nitrogens is 3. The molecule has 3 saturated heterocycles. The number of ether oxygens (including phenoxy) is 1. The van der Waals surface area contributed by atoms with Crippen molar-refractivity contribution in [3.8, 4) is 22.9 Å². The largest absolute Gasteiger partial charge is 0.494 e. The number of piperazine rings is 1. The number of pyridine rings is 2. The molecule has 0 saturated carbocycles. The van der Waals surface area contributed by atoms with Gasteiger partial charge in [0.05, 0.1) is 19.2 Å². The predicted octanol–water partition coefficient (Wildman–Crippen LogP) is 1.68. The SMILES string of the molecule is COc1cc(-c2ccc(N3C4CCC3CN(C(=O)C3CNC3)C4)nc2)cn2ncc(C#N)c12. The van der Waals surface area contributed by atoms with Gasteiger partial charge in [-0.3, -0.25) is 4.79 Å². The molecule has 9 heteroatoms. The van der Waals surface area contributed by atoms with Crippen LogP contribution in [0.5, 0.6) is 5.75 Å². The number of hydrogen-bond donors (Lipinski definition) is 1. The molecule has 9 nitrogen and oxygen atoms in total. The molecule has 0 spiro atoms. The highest BCUT2D eigenvalue weighted by Crippen LogP contribution is 2.36. The summed E-state index contributed by atoms with van der Waals surface area (Å²) >= 11 is 0. The molecule has 0 aliphatic carbocycles. The zero-order valence-electron chi connectivity index (χ0n) is 18.4. The summed E-state index contributed by atoms with van der Waals surface area (Å²) in [6.07, 6.45) is 7.50. The van der Waals surface area contributed by atoms with E-state index in [0.717, 1.165) is 56.0 Å². The van der Waals surface area contributed by atoms with Crippen molar-refractivity contribution in [1.29, 1.82) is 5.26 Å². The van der Waals surface area contributed by atoms with Gasteiger partial charge in [-0.2, -0.15) is 10.4 Å². The molecule has 0 radical (unpaired) electrons. The van der Waals surface area contributed by atoms with Crippen molar-refractivity contribution in [2.75, 3.05) is 38.2 Å². The fourth-order valence-corrected chi connectivity index (χ4v) is 5.37. The number of likely N-dealkylation sites (tertiary alicyclic amines) is 1. The first kappa shape index (κ1) is 20.0. The van der Waals surface area contributed by atoms with Crippen molar-refractivity contribution in [2.45, 2.75) is 24.9 Å². The molecule has 2 bridgehead atoms. The maximum atomic E-state index is 12.7. The second kappa shape index (κ2) is 7.74. The van der Waals surface area contributed by atoms with E-state index >= 15 is 0 Å². The fraction of sp³-hybridized carbons (Fsp3) is 0.417. The highest BCUT2D eigenvalue weighted by Gasteiger charge is 2.43. The number of nitrogens with zero attached hydrogens (tertiary/aromatic N) is 6. The van der Waals surface area contributed by atoms with Crippen LogP contribution in [-0.2, 0) is 4.79 Å². The Morgan fingerprint density at radius 1 is 1.18 bits per heavy atom. The van der Waals surface area contributed by atoms with Crippen LogP contribution in [0.1, 0.15) is 18.4 Å². The maximum absolute atomic E-state index is 12.7. The Morgan fingerprint density at radius 3 is 2.58 bits per heavy atom. The number of nitriles is 1. The van der Waals surface area contributed by atoms with E-state index in [1.165, 1.54) is 0 Å². The van der Waals surface area contributed by atoms with Crippen molar-refractivity contribution < 1.29 is 9.53 Å². The second-order valence-electron chi connectivity index (χ2n) is 9.06. The third-order valence-electron chi connectivity index (χ3n) is 7.19. The first-order valence-electron chi connectivity index (χ1n) is 11.4. The Hall–Kier alpha value is -3.64. The number of carbonyl (C=O) groups excluding carboxylic acids is 1. The Balaban J connectivity index is 1.24. The van der Waals surface area contributed by atoms with Gasteiger partial charge in [-0.15, -0.1) is 0 Å². The molecule has 168 valence electrons. The van der Waals surface area contributed by atoms with Gasteiger partial charge >= 0.3 is 0 Å². The van der Waals surface area contributed by atoms with Crippen molar-refractivity contribution in [2.24, 2.45) is 5.92 Å². The van der Waals surface area contributed by atoms with E-state index in [1.807, 2.05) is 18.5 Å². The lowest BCUT2D eigenvalue weighted by Gasteiger charge is -2.43. The summed E-state index contributed by atoms with van der Waals surface area (Å²) in [4.78, 5) is 22.0. The number of rotatable bonds is 4. The molecule has 1 N–H and O–H groups in total. The summed E-state index contributed by atoms with van der Waals surface area (Å²) in [5, 5.41) is 16.8. The van der Waals surface area contributed by atoms with Crippen LogP contribution in [0.25, 0.3) is 16.6 Å². The number of carbonyl (C=O) groups is 1. The summed E-state index contributed by atoms with van der Waals surface area (Å²) in [5.41, 5.74) is 3.01. The highest BCUT2D eigenvalue weighted by atomic mass is 16.5. The van der Waals surface area contributed by atoms with Crippen molar-refractivity contribution >= 4 is 17.2 Å². The normalized spacial score (nSPS) is 22.3. The second-order valence-corrected chi connectivity index (χ2v) is 9.06. The van der Waals surface area contributed by atoms with Gasteiger partial charge in [0.15, 0.2) is 0 Å². The zero-order valence-corrected chi connectivity index (χ0v) is 18.4. The van der Waals surface area contributed by atoms with Crippen LogP contribution in [0, 0.1) is 17.2 Å². The average Bonchev–Trinajstić information content (AvgIpc) is 3.34. The molecule has 6 rings (SSSR count). The van der Waals surface area contributed by atoms with Gasteiger partial charge in [-0.25, -0.2) is 9.50 Å². The molecule has 33 heavy (non-hydrogen) atoms. The van der Waals surface area contributed by atoms with E-state index < -0.39 is 0 Å². The summed E-state index contributed by atoms with van der Waals surface area (Å²) in [5.74, 6) is 2.02. The van der Waals surface area contributed by atoms with E-state index in [2.05, 4.69) is 38.4 Å². The molecule has 3 fully saturated rings. The number of methoxy groups -OCH3 is 1. The van der Waals surface area contributed by atoms with Gasteiger partial charge in [0.2, 0.25) is 5.91 Å². The lowest BCUT2D eigenvalue weighted by molar-refractivity contribution is -0.138. The van der Waals surface area contributed by atoms with Gasteiger partial charge in [-0.05, 0) is 31.0 Å². The highest BCUT2D eigenvalue weighted by molar-refractivity contribution is 5.81. The number of amides is 1. The number of fused-ring (bicyclic) bond motifs is 3. The zero-order chi connectivity index (χ0) is 22.5. The molecule has 1 amide bonds. The van der Waals surface area contributed by atoms with Gasteiger partial charge < -0.3 is 19.9 Å². The lowest BCUT2D eigenvalue weighted by atomic mass is 10.0. The minimum atomic E-state index is 0.154. The fourth-order valence-electron chi connectivity index (χ4n) is 5.37. The number of hydrogen-bond acceptors (Lipinski definition) is 7. The number of anilines is 1. The smallest absolute Gasteiger partial charge is 0.228 e. The van der Waals surface area contributed by atoms with Crippen LogP contribution in [0.15, 0.2) is 36.8 Å². The Morgan fingerprint density at radius 2 is 1.97 bits per heavy atom. The van der Waals surface area contributed by atoms with Gasteiger partial charge in [0.25, 0.3) is 0 Å². The first-order valence-corrected chi connectivity index (χ1v) is 11.4. The maximum Gasteiger partial charge on any atom is 0.228 e. The van der Waals surface area contributed by atoms with Crippen molar-refractivity contribution in [1.82, 2.24) is 24.8 Å². The molecule has 3 aromatic rings. The van der Waals surface area contributed by atoms with E-state index in [4.69, 9.17) is 9.72 Å². The van der Waals surface area contributed by atoms with Crippen LogP contribution in [0.2, 0.25) is 0 Å². The van der Waals surface area contributed by atoms with Gasteiger partial charge in [-0.1, -0.05) is 0 Å². The van der Waals surface area contributed by atoms with Crippen LogP contribution >= 0.6 is 0 Å². The monoisotopic (exact) mass is 443 g/mol. The molecule has 3 aromatic heterocycles. The van der Waals surface area contributed by atoms with Crippen molar-refractivity contribution in [3.05, 3.63) is 42.4 Å². The summed E-state index contributed by atoms with van der Waals surface area (Å²) in [7, 11) is 1.59. The minimum Gasteiger partial charge on any atom is -0.494 e. The number of nitrogens with one attached hydrogen (secondary N) is 1. The Bertz CT molecular complexity index is 1240. The topological polar surface area (TPSA) is 98.8 Å². The van der Waals surface area contributed by atoms with E-state index in [9.17, 15) is 10.1 Å². The molecular formula is C24H25N7O2. The van der Waals surface area contributed by atoms with Gasteiger partial charge in [0, 0.05) is 61.8 Å². The molecule has 3 aliphatic rings. The third kappa shape index (κ3) is 3.21. The first-order chi connectivity index (χ1) is 16.2. The van der Waals surface area contributed by atoms with E-state index in [-0.39, 0.29) is 5.92 Å². The van der Waals surface area contributed by atoms with Crippen LogP contribution in [0.3, 0.4) is 0 Å². The minimum absolute atomic E-state index is 0.154. The molecule has 3 aliphatic heterocycles. The van der Waals surface area contributed by atoms with E-state index in [0.29, 0.717) is 34.8 Å². The summed E-state index contributed by atoms with van der Waals surface area (Å²) < 4.78 is 7.20. The van der Waals surface area contributed by atoms with Gasteiger partial charge in [0.1, 0.15) is 28.7 Å². The van der Waals surface area contributed by atoms with Crippen LogP contribution in [-0.4, -0.2) is 70.8 Å². The summed E-state index contributed by atoms with van der Waals surface area (Å²) in [6, 6.07) is 8.84. The Kier molecular flexibility index (Phi) is 4.69. The average molecular weight is 444 g/mol. The predicted molar refractivity (Wildman–Crippen MR) is 122 cm³/mol. The van der Waals surface area contributed by atoms with Crippen LogP contribution in [0.4, 0.5) is 5.82 Å². The van der Waals surface area contributed by atoms with Crippen molar-refractivity contribution in [3.63, 3.8) is 0 Å². The van der Waals surface area contributed by atoms with E-state index in [1.54, 1.807) is 17.8 Å². The van der Waals surface area contributed by atoms with Crippen LogP contribution < -0.4 is 15.0 Å². The third-order valence-corrected chi connectivity index (χ3v) is 7.19. The molecule has 2 atom stereocenters. The summed E-state index contributed by atoms with van der Waals surface area (Å²) in [6.45, 7) is 3.18. The molecular weight excluding hydrogens is 418 g/mol. The Labute approximate surface area is 191 Å². The standard InChI is InChI=1S/C24H25N7O2/c1-33-21-6-16(12-30-23(21)17(7-25)11-28-30)15-2-5-22(27-10-15)31-19-3-4-20(31)14-29(13-19)24(32)18-8-26-9-18/h2,5-6,10-12,18-20,26H,3-4,8-9,13-14H2,1H3. The molecule has 6 heterocycles. The quantitative estimate of drug-likeness (QED) is 0.655.